The largest absolute Gasteiger partial charge is 0.462 e. The van der Waals surface area contributed by atoms with Gasteiger partial charge in [-0.2, -0.15) is 0 Å². The Balaban J connectivity index is 4.45. The normalized spacial score (nSPS) is 12.9. The Kier molecular flexibility index (Phi) is 52.4. The number of esters is 3. The standard InChI is InChI=1S/C62H102O6/c1-4-7-10-13-16-19-22-25-27-29-31-33-34-37-40-43-46-49-52-55-61(64)67-58-59(57-66-60(63)54-51-48-45-42-39-36-24-21-18-15-12-9-6-3)68-62(65)56-53-50-47-44-41-38-35-32-30-28-26-23-20-17-14-11-8-5-2/h7,9-10,12,15-16,18-19,21,24-25,27-28,30,32,35-36,39,59H,4-6,8,11,13-14,17,20,22-23,26,29,31,33-34,37-38,40-58H2,1-3H3/b10-7-,12-9-,18-15-,19-16-,24-21-,27-25-,30-28-,35-32-,39-36-. The number of ether oxygens (including phenoxy) is 3. The summed E-state index contributed by atoms with van der Waals surface area (Å²) in [5.74, 6) is -0.963. The van der Waals surface area contributed by atoms with Crippen molar-refractivity contribution in [1.82, 2.24) is 0 Å². The third-order valence-corrected chi connectivity index (χ3v) is 11.6. The van der Waals surface area contributed by atoms with Gasteiger partial charge < -0.3 is 14.2 Å². The Morgan fingerprint density at radius 3 is 1.10 bits per heavy atom. The van der Waals surface area contributed by atoms with E-state index in [1.807, 2.05) is 36.5 Å². The first kappa shape index (κ1) is 64.1. The highest BCUT2D eigenvalue weighted by molar-refractivity contribution is 5.71. The summed E-state index contributed by atoms with van der Waals surface area (Å²) in [5.41, 5.74) is 0. The average Bonchev–Trinajstić information content (AvgIpc) is 3.34. The van der Waals surface area contributed by atoms with Gasteiger partial charge in [0, 0.05) is 19.3 Å². The Hall–Kier alpha value is -3.93. The fourth-order valence-electron chi connectivity index (χ4n) is 7.46. The van der Waals surface area contributed by atoms with Crippen LogP contribution >= 0.6 is 0 Å². The molecule has 0 N–H and O–H groups in total. The number of carbonyl (C=O) groups is 3. The predicted octanol–water partition coefficient (Wildman–Crippen LogP) is 18.7. The Bertz CT molecular complexity index is 1410. The number of hydrogen-bond donors (Lipinski definition) is 0. The summed E-state index contributed by atoms with van der Waals surface area (Å²) in [6, 6.07) is 0. The van der Waals surface area contributed by atoms with Gasteiger partial charge in [-0.3, -0.25) is 14.4 Å². The predicted molar refractivity (Wildman–Crippen MR) is 293 cm³/mol. The fraction of sp³-hybridized carbons (Fsp3) is 0.661. The minimum absolute atomic E-state index is 0.102. The first-order chi connectivity index (χ1) is 33.5. The van der Waals surface area contributed by atoms with E-state index in [0.717, 1.165) is 109 Å². The molecule has 0 saturated carbocycles. The lowest BCUT2D eigenvalue weighted by Crippen LogP contribution is -2.30. The highest BCUT2D eigenvalue weighted by Gasteiger charge is 2.19. The molecule has 68 heavy (non-hydrogen) atoms. The number of unbranched alkanes of at least 4 members (excludes halogenated alkanes) is 24. The van der Waals surface area contributed by atoms with Gasteiger partial charge in [0.1, 0.15) is 13.2 Å². The van der Waals surface area contributed by atoms with Crippen LogP contribution in [0.2, 0.25) is 0 Å². The molecule has 0 radical (unpaired) electrons. The lowest BCUT2D eigenvalue weighted by atomic mass is 10.1. The van der Waals surface area contributed by atoms with Gasteiger partial charge in [0.05, 0.1) is 0 Å². The second kappa shape index (κ2) is 55.7. The van der Waals surface area contributed by atoms with Crippen LogP contribution in [0.25, 0.3) is 0 Å². The SMILES string of the molecule is CC\C=C/C=C\C=C/C=C\CCCCCC(=O)OCC(COC(=O)CCCCCCCCCCC/C=C\C/C=C\C/C=C\CC)OC(=O)CCCCCCC/C=C\C=C/CCCCCCCCC. The van der Waals surface area contributed by atoms with Crippen molar-refractivity contribution in [2.75, 3.05) is 13.2 Å². The molecule has 0 spiro atoms. The summed E-state index contributed by atoms with van der Waals surface area (Å²) in [6.45, 7) is 6.33. The highest BCUT2D eigenvalue weighted by Crippen LogP contribution is 2.14. The first-order valence-corrected chi connectivity index (χ1v) is 28.0. The van der Waals surface area contributed by atoms with E-state index < -0.39 is 6.10 Å². The van der Waals surface area contributed by atoms with Crippen LogP contribution in [-0.2, 0) is 28.6 Å². The number of rotatable bonds is 49. The van der Waals surface area contributed by atoms with Crippen LogP contribution < -0.4 is 0 Å². The summed E-state index contributed by atoms with van der Waals surface area (Å²) < 4.78 is 16.8. The van der Waals surface area contributed by atoms with E-state index in [9.17, 15) is 14.4 Å². The van der Waals surface area contributed by atoms with Crippen LogP contribution in [0.3, 0.4) is 0 Å². The summed E-state index contributed by atoms with van der Waals surface area (Å²) in [5, 5.41) is 0. The molecule has 6 nitrogen and oxygen atoms in total. The fourth-order valence-corrected chi connectivity index (χ4v) is 7.46. The van der Waals surface area contributed by atoms with E-state index >= 15 is 0 Å². The van der Waals surface area contributed by atoms with E-state index in [2.05, 4.69) is 93.7 Å². The molecule has 1 atom stereocenters. The van der Waals surface area contributed by atoms with Crippen molar-refractivity contribution in [1.29, 1.82) is 0 Å². The van der Waals surface area contributed by atoms with Crippen LogP contribution in [0.4, 0.5) is 0 Å². The molecule has 0 aliphatic heterocycles. The molecule has 1 unspecified atom stereocenters. The van der Waals surface area contributed by atoms with Gasteiger partial charge in [-0.25, -0.2) is 0 Å². The molecule has 0 amide bonds. The molecular formula is C62H102O6. The quantitative estimate of drug-likeness (QED) is 0.0199. The molecule has 0 aromatic rings. The molecule has 0 bridgehead atoms. The molecule has 0 fully saturated rings. The van der Waals surface area contributed by atoms with Gasteiger partial charge in [-0.15, -0.1) is 0 Å². The first-order valence-electron chi connectivity index (χ1n) is 28.0. The lowest BCUT2D eigenvalue weighted by Gasteiger charge is -2.18. The second-order valence-electron chi connectivity index (χ2n) is 18.2. The van der Waals surface area contributed by atoms with Crippen molar-refractivity contribution in [2.24, 2.45) is 0 Å². The summed E-state index contributed by atoms with van der Waals surface area (Å²) in [4.78, 5) is 38.1. The number of hydrogen-bond acceptors (Lipinski definition) is 6. The highest BCUT2D eigenvalue weighted by atomic mass is 16.6. The van der Waals surface area contributed by atoms with Crippen molar-refractivity contribution in [3.63, 3.8) is 0 Å². The maximum absolute atomic E-state index is 12.8. The minimum atomic E-state index is -0.807. The zero-order valence-electron chi connectivity index (χ0n) is 44.1. The maximum atomic E-state index is 12.8. The summed E-state index contributed by atoms with van der Waals surface area (Å²) >= 11 is 0. The maximum Gasteiger partial charge on any atom is 0.306 e. The lowest BCUT2D eigenvalue weighted by molar-refractivity contribution is -0.167. The van der Waals surface area contributed by atoms with Gasteiger partial charge in [0.25, 0.3) is 0 Å². The molecule has 0 heterocycles. The van der Waals surface area contributed by atoms with Crippen molar-refractivity contribution < 1.29 is 28.6 Å². The Labute approximate surface area is 419 Å². The molecule has 0 aromatic heterocycles. The second-order valence-corrected chi connectivity index (χ2v) is 18.2. The molecule has 0 saturated heterocycles. The van der Waals surface area contributed by atoms with Crippen molar-refractivity contribution in [3.8, 4) is 0 Å². The van der Waals surface area contributed by atoms with Gasteiger partial charge in [0.2, 0.25) is 0 Å². The van der Waals surface area contributed by atoms with Crippen LogP contribution in [0.5, 0.6) is 0 Å². The molecule has 0 aliphatic carbocycles. The Morgan fingerprint density at radius 1 is 0.324 bits per heavy atom. The van der Waals surface area contributed by atoms with Crippen LogP contribution in [0.15, 0.2) is 109 Å². The zero-order valence-corrected chi connectivity index (χ0v) is 44.1. The van der Waals surface area contributed by atoms with Crippen LogP contribution in [0, 0.1) is 0 Å². The smallest absolute Gasteiger partial charge is 0.306 e. The van der Waals surface area contributed by atoms with Crippen molar-refractivity contribution >= 4 is 17.9 Å². The average molecular weight is 943 g/mol. The Morgan fingerprint density at radius 2 is 0.647 bits per heavy atom. The van der Waals surface area contributed by atoms with Gasteiger partial charge in [0.15, 0.2) is 6.10 Å². The molecule has 0 aliphatic rings. The summed E-state index contributed by atoms with van der Waals surface area (Å²) in [7, 11) is 0. The van der Waals surface area contributed by atoms with Crippen LogP contribution in [0.1, 0.15) is 245 Å². The third kappa shape index (κ3) is 53.0. The van der Waals surface area contributed by atoms with E-state index in [-0.39, 0.29) is 31.1 Å². The van der Waals surface area contributed by atoms with Crippen molar-refractivity contribution in [2.45, 2.75) is 252 Å². The van der Waals surface area contributed by atoms with E-state index in [0.29, 0.717) is 19.3 Å². The molecule has 0 rings (SSSR count). The minimum Gasteiger partial charge on any atom is -0.462 e. The van der Waals surface area contributed by atoms with Crippen LogP contribution in [-0.4, -0.2) is 37.2 Å². The van der Waals surface area contributed by atoms with Gasteiger partial charge in [-0.05, 0) is 96.3 Å². The van der Waals surface area contributed by atoms with Crippen molar-refractivity contribution in [3.05, 3.63) is 109 Å². The van der Waals surface area contributed by atoms with E-state index in [1.165, 1.54) is 96.3 Å². The van der Waals surface area contributed by atoms with E-state index in [4.69, 9.17) is 14.2 Å². The van der Waals surface area contributed by atoms with Gasteiger partial charge in [-0.1, -0.05) is 239 Å². The molecule has 0 aromatic carbocycles. The molecular weight excluding hydrogens is 841 g/mol. The number of allylic oxidation sites excluding steroid dienone is 18. The number of carbonyl (C=O) groups excluding carboxylic acids is 3. The zero-order chi connectivity index (χ0) is 49.3. The molecule has 386 valence electrons. The van der Waals surface area contributed by atoms with Gasteiger partial charge >= 0.3 is 17.9 Å². The molecule has 6 heteroatoms. The van der Waals surface area contributed by atoms with E-state index in [1.54, 1.807) is 0 Å². The topological polar surface area (TPSA) is 78.9 Å². The summed E-state index contributed by atoms with van der Waals surface area (Å²) in [6.07, 6.45) is 75.1. The third-order valence-electron chi connectivity index (χ3n) is 11.6. The monoisotopic (exact) mass is 943 g/mol.